The van der Waals surface area contributed by atoms with Crippen molar-refractivity contribution < 1.29 is 41.2 Å². The quantitative estimate of drug-likeness (QED) is 0.144. The number of hydroxylamine groups is 2. The van der Waals surface area contributed by atoms with Gasteiger partial charge in [0.2, 0.25) is 5.95 Å². The van der Waals surface area contributed by atoms with Crippen molar-refractivity contribution in [1.29, 1.82) is 0 Å². The molecule has 1 aromatic heterocycles. The zero-order valence-electron chi connectivity index (χ0n) is 25.2. The first-order valence-electron chi connectivity index (χ1n) is 14.5. The summed E-state index contributed by atoms with van der Waals surface area (Å²) >= 11 is 0. The molecule has 1 aliphatic heterocycles. The largest absolute Gasteiger partial charge is 0.493 e. The Bertz CT molecular complexity index is 1600. The van der Waals surface area contributed by atoms with Crippen molar-refractivity contribution in [3.05, 3.63) is 64.7 Å². The van der Waals surface area contributed by atoms with E-state index in [2.05, 4.69) is 30.8 Å². The number of aromatic nitrogens is 2. The molecular formula is C30H32F5N7O4. The van der Waals surface area contributed by atoms with Crippen molar-refractivity contribution >= 4 is 35.4 Å². The number of alkyl halides is 3. The molecule has 3 N–H and O–H groups in total. The number of carbonyl (C=O) groups is 3. The number of hydrogen-bond acceptors (Lipinski definition) is 8. The van der Waals surface area contributed by atoms with Crippen LogP contribution >= 0.6 is 0 Å². The van der Waals surface area contributed by atoms with Gasteiger partial charge in [-0.05, 0) is 62.7 Å². The van der Waals surface area contributed by atoms with E-state index in [4.69, 9.17) is 0 Å². The minimum Gasteiger partial charge on any atom is -0.354 e. The molecule has 0 radical (unpaired) electrons. The Morgan fingerprint density at radius 1 is 1.09 bits per heavy atom. The maximum Gasteiger partial charge on any atom is 0.493 e. The second kappa shape index (κ2) is 14.5. The Morgan fingerprint density at radius 3 is 2.46 bits per heavy atom. The Kier molecular flexibility index (Phi) is 10.7. The van der Waals surface area contributed by atoms with E-state index in [-0.39, 0.29) is 48.1 Å². The number of aryl methyl sites for hydroxylation is 1. The number of carbonyl (C=O) groups excluding carboxylic acids is 3. The molecule has 3 amide bonds. The molecule has 16 heteroatoms. The van der Waals surface area contributed by atoms with Gasteiger partial charge >= 0.3 is 18.2 Å². The first-order chi connectivity index (χ1) is 21.9. The molecule has 2 heterocycles. The molecule has 3 aromatic rings. The highest BCUT2D eigenvalue weighted by atomic mass is 19.4. The van der Waals surface area contributed by atoms with Crippen LogP contribution in [0.4, 0.5) is 44.2 Å². The fourth-order valence-electron chi connectivity index (χ4n) is 4.66. The molecule has 246 valence electrons. The maximum atomic E-state index is 15.0. The molecule has 0 spiro atoms. The first kappa shape index (κ1) is 34.0. The van der Waals surface area contributed by atoms with E-state index in [0.717, 1.165) is 29.6 Å². The van der Waals surface area contributed by atoms with Crippen LogP contribution in [0.15, 0.2) is 36.4 Å². The Balaban J connectivity index is 1.84. The predicted molar refractivity (Wildman–Crippen MR) is 158 cm³/mol. The summed E-state index contributed by atoms with van der Waals surface area (Å²) < 4.78 is 68.7. The van der Waals surface area contributed by atoms with Crippen molar-refractivity contribution in [2.45, 2.75) is 46.3 Å². The summed E-state index contributed by atoms with van der Waals surface area (Å²) in [5.41, 5.74) is 0.512. The smallest absolute Gasteiger partial charge is 0.354 e. The summed E-state index contributed by atoms with van der Waals surface area (Å²) in [5, 5.41) is 9.14. The van der Waals surface area contributed by atoms with Crippen LogP contribution in [-0.2, 0) is 16.2 Å². The number of rotatable bonds is 11. The highest BCUT2D eigenvalue weighted by molar-refractivity contribution is 6.02. The number of nitrogens with one attached hydrogen (secondary N) is 3. The number of para-hydroxylation sites is 1. The van der Waals surface area contributed by atoms with Gasteiger partial charge in [0.05, 0.1) is 18.8 Å². The third-order valence-corrected chi connectivity index (χ3v) is 6.86. The number of anilines is 3. The lowest BCUT2D eigenvalue weighted by atomic mass is 9.97. The average Bonchev–Trinajstić information content (AvgIpc) is 3.00. The normalized spacial score (nSPS) is 12.8. The van der Waals surface area contributed by atoms with Gasteiger partial charge in [-0.25, -0.2) is 28.3 Å². The number of fused-ring (bicyclic) bond motifs is 1. The van der Waals surface area contributed by atoms with E-state index in [1.807, 2.05) is 6.92 Å². The third-order valence-electron chi connectivity index (χ3n) is 6.86. The van der Waals surface area contributed by atoms with Gasteiger partial charge < -0.3 is 20.8 Å². The van der Waals surface area contributed by atoms with E-state index < -0.39 is 41.4 Å². The fraction of sp³-hybridized carbons (Fsp3) is 0.367. The lowest BCUT2D eigenvalue weighted by molar-refractivity contribution is -0.228. The SMILES string of the molecule is CCCN(OC(=O)C(F)(F)F)C(=O)c1ccc(C)c(-c2nc(NCCCNCC)nc3c2CNC(=O)N3c2c(F)cccc2F)c1. The fourth-order valence-corrected chi connectivity index (χ4v) is 4.66. The zero-order chi connectivity index (χ0) is 33.6. The maximum absolute atomic E-state index is 15.0. The third kappa shape index (κ3) is 7.50. The topological polar surface area (TPSA) is 129 Å². The van der Waals surface area contributed by atoms with Gasteiger partial charge in [0, 0.05) is 23.2 Å². The Morgan fingerprint density at radius 2 is 1.80 bits per heavy atom. The number of hydrogen-bond donors (Lipinski definition) is 3. The van der Waals surface area contributed by atoms with Gasteiger partial charge in [-0.3, -0.25) is 4.79 Å². The average molecular weight is 650 g/mol. The van der Waals surface area contributed by atoms with Gasteiger partial charge in [0.15, 0.2) is 5.82 Å². The summed E-state index contributed by atoms with van der Waals surface area (Å²) in [6, 6.07) is 6.52. The molecule has 0 saturated carbocycles. The highest BCUT2D eigenvalue weighted by Gasteiger charge is 2.43. The van der Waals surface area contributed by atoms with E-state index >= 15 is 0 Å². The van der Waals surface area contributed by atoms with Crippen molar-refractivity contribution in [1.82, 2.24) is 25.7 Å². The van der Waals surface area contributed by atoms with Gasteiger partial charge in [-0.2, -0.15) is 23.2 Å². The monoisotopic (exact) mass is 649 g/mol. The van der Waals surface area contributed by atoms with Crippen molar-refractivity contribution in [2.24, 2.45) is 0 Å². The lowest BCUT2D eigenvalue weighted by Gasteiger charge is -2.31. The second-order valence-corrected chi connectivity index (χ2v) is 10.2. The highest BCUT2D eigenvalue weighted by Crippen LogP contribution is 2.39. The summed E-state index contributed by atoms with van der Waals surface area (Å²) in [6.07, 6.45) is -4.49. The van der Waals surface area contributed by atoms with Gasteiger partial charge in [0.1, 0.15) is 17.3 Å². The van der Waals surface area contributed by atoms with Crippen LogP contribution < -0.4 is 20.9 Å². The molecule has 11 nitrogen and oxygen atoms in total. The van der Waals surface area contributed by atoms with Crippen LogP contribution in [0.1, 0.15) is 48.2 Å². The Labute approximate surface area is 261 Å². The summed E-state index contributed by atoms with van der Waals surface area (Å²) in [6.45, 7) is 6.58. The summed E-state index contributed by atoms with van der Waals surface area (Å²) in [5.74, 6) is -5.70. The second-order valence-electron chi connectivity index (χ2n) is 10.2. The molecule has 0 bridgehead atoms. The van der Waals surface area contributed by atoms with Crippen molar-refractivity contribution in [2.75, 3.05) is 36.4 Å². The minimum atomic E-state index is -5.32. The number of halogens is 5. The number of benzene rings is 2. The van der Waals surface area contributed by atoms with E-state index in [1.165, 1.54) is 18.2 Å². The van der Waals surface area contributed by atoms with Crippen molar-refractivity contribution in [3.63, 3.8) is 0 Å². The van der Waals surface area contributed by atoms with Crippen LogP contribution in [0, 0.1) is 18.6 Å². The molecular weight excluding hydrogens is 617 g/mol. The van der Waals surface area contributed by atoms with E-state index in [0.29, 0.717) is 35.7 Å². The molecule has 0 aliphatic carbocycles. The van der Waals surface area contributed by atoms with Crippen LogP contribution in [0.3, 0.4) is 0 Å². The lowest BCUT2D eigenvalue weighted by Crippen LogP contribution is -2.43. The molecule has 0 fully saturated rings. The van der Waals surface area contributed by atoms with Crippen LogP contribution in [0.25, 0.3) is 11.3 Å². The molecule has 2 aromatic carbocycles. The standard InChI is InChI=1S/C30H32F5N7O4/c1-4-14-41(46-27(44)30(33,34)35)26(43)18-11-10-17(3)19(15-18)23-20-16-38-29(45)42(24-21(31)8-6-9-22(24)32)25(20)40-28(39-23)37-13-7-12-36-5-2/h6,8-11,15,36H,4-5,7,12-14,16H2,1-3H3,(H,38,45)(H,37,39,40). The van der Waals surface area contributed by atoms with Crippen LogP contribution in [0.5, 0.6) is 0 Å². The zero-order valence-corrected chi connectivity index (χ0v) is 25.2. The molecule has 0 unspecified atom stereocenters. The number of urea groups is 1. The Hall–Kier alpha value is -4.86. The molecule has 0 atom stereocenters. The van der Waals surface area contributed by atoms with Crippen molar-refractivity contribution in [3.8, 4) is 11.3 Å². The predicted octanol–water partition coefficient (Wildman–Crippen LogP) is 5.38. The minimum absolute atomic E-state index is 0.0181. The molecule has 46 heavy (non-hydrogen) atoms. The van der Waals surface area contributed by atoms with Gasteiger partial charge in [0.25, 0.3) is 5.91 Å². The molecule has 1 aliphatic rings. The number of nitrogens with zero attached hydrogens (tertiary/aromatic N) is 4. The van der Waals surface area contributed by atoms with Gasteiger partial charge in [-0.15, -0.1) is 0 Å². The summed E-state index contributed by atoms with van der Waals surface area (Å²) in [7, 11) is 0. The van der Waals surface area contributed by atoms with E-state index in [1.54, 1.807) is 13.8 Å². The van der Waals surface area contributed by atoms with Gasteiger partial charge in [-0.1, -0.05) is 26.0 Å². The summed E-state index contributed by atoms with van der Waals surface area (Å²) in [4.78, 5) is 52.2. The first-order valence-corrected chi connectivity index (χ1v) is 14.5. The van der Waals surface area contributed by atoms with E-state index in [9.17, 15) is 36.3 Å². The van der Waals surface area contributed by atoms with Crippen LogP contribution in [-0.4, -0.2) is 65.3 Å². The van der Waals surface area contributed by atoms with Crippen LogP contribution in [0.2, 0.25) is 0 Å². The molecule has 0 saturated heterocycles. The number of amides is 3. The molecule has 4 rings (SSSR count).